The van der Waals surface area contributed by atoms with E-state index in [-0.39, 0.29) is 11.8 Å². The molecule has 5 nitrogen and oxygen atoms in total. The van der Waals surface area contributed by atoms with Gasteiger partial charge in [-0.1, -0.05) is 62.2 Å². The zero-order chi connectivity index (χ0) is 26.6. The summed E-state index contributed by atoms with van der Waals surface area (Å²) in [6, 6.07) is 12.2. The molecule has 0 amide bonds. The molecule has 37 heavy (non-hydrogen) atoms. The summed E-state index contributed by atoms with van der Waals surface area (Å²) in [6.45, 7) is 9.61. The smallest absolute Gasteiger partial charge is 0.354 e. The zero-order valence-electron chi connectivity index (χ0n) is 22.7. The first-order chi connectivity index (χ1) is 17.9. The van der Waals surface area contributed by atoms with Gasteiger partial charge in [0.1, 0.15) is 12.4 Å². The first kappa shape index (κ1) is 28.4. The van der Waals surface area contributed by atoms with Gasteiger partial charge in [-0.3, -0.25) is 0 Å². The Morgan fingerprint density at radius 2 is 1.92 bits per heavy atom. The Kier molecular flexibility index (Phi) is 11.2. The Balaban J connectivity index is 1.51. The molecule has 0 fully saturated rings. The van der Waals surface area contributed by atoms with Crippen LogP contribution in [0.4, 0.5) is 0 Å². The van der Waals surface area contributed by atoms with E-state index in [2.05, 4.69) is 56.1 Å². The van der Waals surface area contributed by atoms with Crippen molar-refractivity contribution in [2.45, 2.75) is 78.9 Å². The van der Waals surface area contributed by atoms with Gasteiger partial charge in [0, 0.05) is 12.8 Å². The fourth-order valence-electron chi connectivity index (χ4n) is 4.58. The van der Waals surface area contributed by atoms with Gasteiger partial charge >= 0.3 is 5.97 Å². The van der Waals surface area contributed by atoms with Crippen LogP contribution in [0.5, 0.6) is 0 Å². The topological polar surface area (TPSA) is 68.7 Å². The number of unbranched alkanes of at least 4 members (excludes halogenated alkanes) is 1. The quantitative estimate of drug-likeness (QED) is 0.279. The summed E-state index contributed by atoms with van der Waals surface area (Å²) in [5.41, 5.74) is 5.61. The van der Waals surface area contributed by atoms with E-state index in [1.807, 2.05) is 24.3 Å². The van der Waals surface area contributed by atoms with E-state index in [4.69, 9.17) is 9.47 Å². The summed E-state index contributed by atoms with van der Waals surface area (Å²) in [7, 11) is 0. The third-order valence-electron chi connectivity index (χ3n) is 6.82. The predicted octanol–water partition coefficient (Wildman–Crippen LogP) is 8.13. The average molecular weight is 504 g/mol. The number of nitrogens with zero attached hydrogens (tertiary/aromatic N) is 1. The zero-order valence-corrected chi connectivity index (χ0v) is 22.7. The van der Waals surface area contributed by atoms with Gasteiger partial charge in [-0.15, -0.1) is 0 Å². The molecule has 1 aromatic heterocycles. The molecule has 2 atom stereocenters. The molecule has 0 saturated heterocycles. The number of hydrogen-bond donors (Lipinski definition) is 1. The second-order valence-electron chi connectivity index (χ2n) is 9.96. The maximum atomic E-state index is 11.2. The monoisotopic (exact) mass is 503 g/mol. The summed E-state index contributed by atoms with van der Waals surface area (Å²) < 4.78 is 12.3. The lowest BCUT2D eigenvalue weighted by Gasteiger charge is -2.19. The minimum atomic E-state index is -0.998. The fraction of sp³-hybridized carbons (Fsp3) is 0.438. The van der Waals surface area contributed by atoms with E-state index < -0.39 is 5.97 Å². The van der Waals surface area contributed by atoms with Gasteiger partial charge < -0.3 is 14.6 Å². The Labute approximate surface area is 221 Å². The van der Waals surface area contributed by atoms with Crippen LogP contribution in [0.15, 0.2) is 77.7 Å². The van der Waals surface area contributed by atoms with Gasteiger partial charge in [0.15, 0.2) is 5.69 Å². The minimum absolute atomic E-state index is 0.0696. The number of carbonyl (C=O) groups is 1. The van der Waals surface area contributed by atoms with Crippen molar-refractivity contribution in [3.8, 4) is 0 Å². The summed E-state index contributed by atoms with van der Waals surface area (Å²) in [5.74, 6) is 0.387. The van der Waals surface area contributed by atoms with Gasteiger partial charge in [0.2, 0.25) is 0 Å². The Bertz CT molecular complexity index is 1120. The molecule has 2 aromatic rings. The van der Waals surface area contributed by atoms with E-state index in [0.29, 0.717) is 24.7 Å². The molecule has 0 saturated carbocycles. The number of aromatic carboxylic acids is 1. The Hall–Kier alpha value is -3.18. The Morgan fingerprint density at radius 1 is 1.14 bits per heavy atom. The number of rotatable bonds is 13. The molecule has 0 radical (unpaired) electrons. The number of ether oxygens (including phenoxy) is 2. The van der Waals surface area contributed by atoms with Crippen LogP contribution in [0.25, 0.3) is 0 Å². The van der Waals surface area contributed by atoms with Crippen LogP contribution in [0.2, 0.25) is 0 Å². The molecular weight excluding hydrogens is 462 g/mol. The van der Waals surface area contributed by atoms with E-state index in [0.717, 1.165) is 49.8 Å². The summed E-state index contributed by atoms with van der Waals surface area (Å²) in [5, 5.41) is 9.21. The molecule has 1 aliphatic carbocycles. The van der Waals surface area contributed by atoms with Crippen molar-refractivity contribution >= 4 is 5.97 Å². The lowest BCUT2D eigenvalue weighted by molar-refractivity contribution is 0.0466. The minimum Gasteiger partial charge on any atom is -0.489 e. The highest BCUT2D eigenvalue weighted by molar-refractivity contribution is 5.86. The largest absolute Gasteiger partial charge is 0.489 e. The molecule has 2 unspecified atom stereocenters. The van der Waals surface area contributed by atoms with Gasteiger partial charge in [0.05, 0.1) is 6.10 Å². The van der Waals surface area contributed by atoms with E-state index in [1.165, 1.54) is 16.7 Å². The maximum Gasteiger partial charge on any atom is 0.354 e. The van der Waals surface area contributed by atoms with Gasteiger partial charge in [0.25, 0.3) is 0 Å². The summed E-state index contributed by atoms with van der Waals surface area (Å²) in [4.78, 5) is 15.4. The second-order valence-corrected chi connectivity index (χ2v) is 9.96. The predicted molar refractivity (Wildman–Crippen MR) is 148 cm³/mol. The number of aryl methyl sites for hydroxylation is 1. The number of allylic oxidation sites excluding steroid dienone is 5. The van der Waals surface area contributed by atoms with E-state index in [9.17, 15) is 9.90 Å². The molecule has 1 heterocycles. The van der Waals surface area contributed by atoms with Crippen LogP contribution in [-0.4, -0.2) is 22.7 Å². The van der Waals surface area contributed by atoms with E-state index in [1.54, 1.807) is 13.1 Å². The lowest BCUT2D eigenvalue weighted by atomic mass is 9.91. The van der Waals surface area contributed by atoms with Crippen LogP contribution in [0, 0.1) is 12.8 Å². The van der Waals surface area contributed by atoms with Gasteiger partial charge in [-0.2, -0.15) is 0 Å². The number of carboxylic acid groups (broad SMARTS) is 1. The van der Waals surface area contributed by atoms with Crippen molar-refractivity contribution < 1.29 is 19.4 Å². The highest BCUT2D eigenvalue weighted by Crippen LogP contribution is 2.27. The van der Waals surface area contributed by atoms with Gasteiger partial charge in [-0.05, 0) is 92.4 Å². The standard InChI is InChI=1S/C32H41NO4/c1-5-30(28-19-25(4)31(32(34)35)33-21-28)36-17-10-9-13-24(3)27-18-23(2)12-11-16-29(20-27)37-22-26-14-7-6-8-15-26/h6-8,14-16,18-21,24,30H,5,9-13,17,22H2,1-4H3,(H,34,35)/b23-18?,27-20?,29-16+. The number of aromatic nitrogens is 1. The third-order valence-corrected chi connectivity index (χ3v) is 6.82. The molecule has 0 spiro atoms. The molecule has 5 heteroatoms. The molecule has 198 valence electrons. The number of benzene rings is 1. The average Bonchev–Trinajstić information content (AvgIpc) is 2.87. The first-order valence-corrected chi connectivity index (χ1v) is 13.4. The summed E-state index contributed by atoms with van der Waals surface area (Å²) >= 11 is 0. The third kappa shape index (κ3) is 9.01. The number of carboxylic acids is 1. The molecule has 1 aliphatic rings. The SMILES string of the molecule is CCC(OCCCCC(C)C1=C/C(OCc2ccccc2)=C\CCC(C)=C1)c1cnc(C(=O)O)c(C)c1. The van der Waals surface area contributed by atoms with Crippen molar-refractivity contribution in [3.63, 3.8) is 0 Å². The highest BCUT2D eigenvalue weighted by Gasteiger charge is 2.15. The molecule has 1 aromatic carbocycles. The van der Waals surface area contributed by atoms with Crippen LogP contribution < -0.4 is 0 Å². The van der Waals surface area contributed by atoms with Gasteiger partial charge in [-0.25, -0.2) is 9.78 Å². The Morgan fingerprint density at radius 3 is 2.62 bits per heavy atom. The first-order valence-electron chi connectivity index (χ1n) is 13.4. The molecule has 0 aliphatic heterocycles. The van der Waals surface area contributed by atoms with Crippen molar-refractivity contribution in [2.24, 2.45) is 5.92 Å². The normalized spacial score (nSPS) is 16.9. The molecule has 0 bridgehead atoms. The summed E-state index contributed by atoms with van der Waals surface area (Å²) in [6.07, 6.45) is 14.3. The number of hydrogen-bond acceptors (Lipinski definition) is 4. The van der Waals surface area contributed by atoms with E-state index >= 15 is 0 Å². The van der Waals surface area contributed by atoms with Crippen molar-refractivity contribution in [3.05, 3.63) is 100 Å². The molecular formula is C32H41NO4. The maximum absolute atomic E-state index is 11.2. The lowest BCUT2D eigenvalue weighted by Crippen LogP contribution is -2.09. The van der Waals surface area contributed by atoms with Crippen molar-refractivity contribution in [1.29, 1.82) is 0 Å². The van der Waals surface area contributed by atoms with Crippen LogP contribution in [0.1, 0.15) is 92.6 Å². The van der Waals surface area contributed by atoms with Crippen molar-refractivity contribution in [1.82, 2.24) is 4.98 Å². The second kappa shape index (κ2) is 14.5. The molecule has 3 rings (SSSR count). The van der Waals surface area contributed by atoms with Crippen LogP contribution in [-0.2, 0) is 16.1 Å². The fourth-order valence-corrected chi connectivity index (χ4v) is 4.58. The molecule has 1 N–H and O–H groups in total. The van der Waals surface area contributed by atoms with Crippen LogP contribution in [0.3, 0.4) is 0 Å². The van der Waals surface area contributed by atoms with Crippen molar-refractivity contribution in [2.75, 3.05) is 6.61 Å². The number of pyridine rings is 1. The van der Waals surface area contributed by atoms with Crippen LogP contribution >= 0.6 is 0 Å². The highest BCUT2D eigenvalue weighted by atomic mass is 16.5.